The van der Waals surface area contributed by atoms with Gasteiger partial charge < -0.3 is 25.4 Å². The van der Waals surface area contributed by atoms with Crippen LogP contribution in [-0.2, 0) is 9.53 Å². The average Bonchev–Trinajstić information content (AvgIpc) is 2.41. The number of hydrogen-bond donors (Lipinski definition) is 4. The van der Waals surface area contributed by atoms with E-state index in [2.05, 4.69) is 0 Å². The van der Waals surface area contributed by atoms with E-state index in [1.807, 2.05) is 0 Å². The highest BCUT2D eigenvalue weighted by Gasteiger charge is 2.49. The van der Waals surface area contributed by atoms with Gasteiger partial charge in [0.1, 0.15) is 24.4 Å². The molecular formula is C12H19ClF3NO5. The Morgan fingerprint density at radius 1 is 1.27 bits per heavy atom. The summed E-state index contributed by atoms with van der Waals surface area (Å²) in [4.78, 5) is 11.1. The first kappa shape index (κ1) is 19.4. The van der Waals surface area contributed by atoms with Crippen LogP contribution in [0.15, 0.2) is 0 Å². The third-order valence-electron chi connectivity index (χ3n) is 3.56. The highest BCUT2D eigenvalue weighted by atomic mass is 35.5. The Hall–Kier alpha value is -0.610. The first-order valence-electron chi connectivity index (χ1n) is 6.72. The Labute approximate surface area is 130 Å². The monoisotopic (exact) mass is 349 g/mol. The lowest BCUT2D eigenvalue weighted by molar-refractivity contribution is -0.230. The molecule has 1 fully saturated rings. The summed E-state index contributed by atoms with van der Waals surface area (Å²) in [6, 6.07) is -1.40. The Kier molecular flexibility index (Phi) is 6.46. The summed E-state index contributed by atoms with van der Waals surface area (Å²) in [5.74, 6) is -2.23. The topological polar surface area (TPSA) is 99.0 Å². The van der Waals surface area contributed by atoms with Crippen LogP contribution in [0.1, 0.15) is 20.3 Å². The van der Waals surface area contributed by atoms with Gasteiger partial charge in [-0.15, -0.1) is 11.6 Å². The quantitative estimate of drug-likeness (QED) is 0.532. The van der Waals surface area contributed by atoms with Gasteiger partial charge in [-0.3, -0.25) is 4.79 Å². The zero-order chi connectivity index (χ0) is 17.2. The zero-order valence-electron chi connectivity index (χ0n) is 11.9. The molecular weight excluding hydrogens is 331 g/mol. The molecule has 1 rings (SSSR count). The molecule has 1 heterocycles. The maximum absolute atomic E-state index is 12.4. The fourth-order valence-electron chi connectivity index (χ4n) is 2.31. The SMILES string of the molecule is CCC1OC(C(NC(=O)C(F)(F)F)C(C)Cl)C(O)C(O)C1O. The highest BCUT2D eigenvalue weighted by molar-refractivity contribution is 6.21. The van der Waals surface area contributed by atoms with Crippen LogP contribution in [0.25, 0.3) is 0 Å². The van der Waals surface area contributed by atoms with Crippen LogP contribution in [0.4, 0.5) is 13.2 Å². The highest BCUT2D eigenvalue weighted by Crippen LogP contribution is 2.28. The molecule has 6 nitrogen and oxygen atoms in total. The molecule has 1 aliphatic rings. The van der Waals surface area contributed by atoms with Crippen molar-refractivity contribution in [1.29, 1.82) is 0 Å². The van der Waals surface area contributed by atoms with Crippen molar-refractivity contribution in [2.75, 3.05) is 0 Å². The molecule has 0 bridgehead atoms. The standard InChI is InChI=1S/C12H19ClF3NO5/c1-3-5-7(18)8(19)9(20)10(22-5)6(4(2)13)17-11(21)12(14,15)16/h4-10,18-20H,3H2,1-2H3,(H,17,21). The van der Waals surface area contributed by atoms with Gasteiger partial charge in [-0.05, 0) is 13.3 Å². The van der Waals surface area contributed by atoms with Gasteiger partial charge >= 0.3 is 12.1 Å². The molecule has 0 spiro atoms. The van der Waals surface area contributed by atoms with Gasteiger partial charge in [-0.25, -0.2) is 0 Å². The Bertz CT molecular complexity index is 393. The summed E-state index contributed by atoms with van der Waals surface area (Å²) in [7, 11) is 0. The second kappa shape index (κ2) is 7.31. The summed E-state index contributed by atoms with van der Waals surface area (Å²) in [6.45, 7) is 2.94. The van der Waals surface area contributed by atoms with E-state index in [0.717, 1.165) is 0 Å². The van der Waals surface area contributed by atoms with Crippen LogP contribution < -0.4 is 5.32 Å². The summed E-state index contributed by atoms with van der Waals surface area (Å²) >= 11 is 5.79. The van der Waals surface area contributed by atoms with Gasteiger partial charge in [0, 0.05) is 0 Å². The fraction of sp³-hybridized carbons (Fsp3) is 0.917. The molecule has 0 aromatic rings. The van der Waals surface area contributed by atoms with Gasteiger partial charge in [0.2, 0.25) is 0 Å². The number of hydrogen-bond acceptors (Lipinski definition) is 5. The number of ether oxygens (including phenoxy) is 1. The van der Waals surface area contributed by atoms with Crippen LogP contribution in [0, 0.1) is 0 Å². The van der Waals surface area contributed by atoms with Crippen molar-refractivity contribution < 1.29 is 38.0 Å². The number of carbonyl (C=O) groups is 1. The predicted molar refractivity (Wildman–Crippen MR) is 70.3 cm³/mol. The molecule has 0 radical (unpaired) electrons. The number of carbonyl (C=O) groups excluding carboxylic acids is 1. The van der Waals surface area contributed by atoms with Crippen molar-refractivity contribution in [1.82, 2.24) is 5.32 Å². The maximum atomic E-state index is 12.4. The van der Waals surface area contributed by atoms with Gasteiger partial charge in [-0.1, -0.05) is 6.92 Å². The van der Waals surface area contributed by atoms with Crippen molar-refractivity contribution in [2.24, 2.45) is 0 Å². The van der Waals surface area contributed by atoms with Crippen LogP contribution in [0.2, 0.25) is 0 Å². The summed E-state index contributed by atoms with van der Waals surface area (Å²) < 4.78 is 42.5. The molecule has 0 saturated carbocycles. The van der Waals surface area contributed by atoms with E-state index < -0.39 is 54.0 Å². The van der Waals surface area contributed by atoms with Crippen LogP contribution in [-0.4, -0.2) is 69.3 Å². The van der Waals surface area contributed by atoms with Crippen LogP contribution in [0.5, 0.6) is 0 Å². The minimum atomic E-state index is -5.12. The largest absolute Gasteiger partial charge is 0.471 e. The number of nitrogens with one attached hydrogen (secondary N) is 1. The minimum absolute atomic E-state index is 0.248. The van der Waals surface area contributed by atoms with E-state index in [4.69, 9.17) is 16.3 Å². The third-order valence-corrected chi connectivity index (χ3v) is 3.83. The van der Waals surface area contributed by atoms with Gasteiger partial charge in [0.05, 0.1) is 17.5 Å². The van der Waals surface area contributed by atoms with E-state index in [1.54, 1.807) is 12.2 Å². The van der Waals surface area contributed by atoms with Crippen molar-refractivity contribution in [3.05, 3.63) is 0 Å². The minimum Gasteiger partial charge on any atom is -0.388 e. The number of rotatable bonds is 4. The first-order chi connectivity index (χ1) is 10.0. The maximum Gasteiger partial charge on any atom is 0.471 e. The smallest absolute Gasteiger partial charge is 0.388 e. The molecule has 0 aliphatic carbocycles. The molecule has 0 aromatic heterocycles. The Morgan fingerprint density at radius 3 is 2.23 bits per heavy atom. The van der Waals surface area contributed by atoms with Gasteiger partial charge in [0.15, 0.2) is 0 Å². The van der Waals surface area contributed by atoms with Crippen molar-refractivity contribution in [2.45, 2.75) is 68.4 Å². The Morgan fingerprint density at radius 2 is 1.82 bits per heavy atom. The van der Waals surface area contributed by atoms with E-state index in [9.17, 15) is 33.3 Å². The molecule has 7 atom stereocenters. The molecule has 22 heavy (non-hydrogen) atoms. The number of halogens is 4. The van der Waals surface area contributed by atoms with E-state index in [0.29, 0.717) is 0 Å². The predicted octanol–water partition coefficient (Wildman–Crippen LogP) is -0.0791. The second-order valence-electron chi connectivity index (χ2n) is 5.19. The molecule has 1 aliphatic heterocycles. The van der Waals surface area contributed by atoms with Crippen molar-refractivity contribution >= 4 is 17.5 Å². The van der Waals surface area contributed by atoms with Gasteiger partial charge in [0.25, 0.3) is 0 Å². The average molecular weight is 350 g/mol. The third kappa shape index (κ3) is 4.23. The van der Waals surface area contributed by atoms with Crippen molar-refractivity contribution in [3.63, 3.8) is 0 Å². The van der Waals surface area contributed by atoms with Crippen molar-refractivity contribution in [3.8, 4) is 0 Å². The number of aliphatic hydroxyl groups excluding tert-OH is 3. The summed E-state index contributed by atoms with van der Waals surface area (Å²) in [5.41, 5.74) is 0. The summed E-state index contributed by atoms with van der Waals surface area (Å²) in [5, 5.41) is 30.1. The molecule has 10 heteroatoms. The molecule has 1 saturated heterocycles. The Balaban J connectivity index is 2.97. The lowest BCUT2D eigenvalue weighted by atomic mass is 9.89. The number of amides is 1. The van der Waals surface area contributed by atoms with E-state index >= 15 is 0 Å². The fourth-order valence-corrected chi connectivity index (χ4v) is 2.51. The van der Waals surface area contributed by atoms with E-state index in [-0.39, 0.29) is 6.42 Å². The molecule has 1 amide bonds. The molecule has 7 unspecified atom stereocenters. The molecule has 4 N–H and O–H groups in total. The second-order valence-corrected chi connectivity index (χ2v) is 5.88. The van der Waals surface area contributed by atoms with Crippen LogP contribution >= 0.6 is 11.6 Å². The first-order valence-corrected chi connectivity index (χ1v) is 7.15. The number of aliphatic hydroxyl groups is 3. The normalized spacial score (nSPS) is 35.8. The van der Waals surface area contributed by atoms with E-state index in [1.165, 1.54) is 6.92 Å². The lowest BCUT2D eigenvalue weighted by Gasteiger charge is -2.44. The molecule has 130 valence electrons. The summed E-state index contributed by atoms with van der Waals surface area (Å²) in [6.07, 6.45) is -11.9. The molecule has 0 aromatic carbocycles. The van der Waals surface area contributed by atoms with Crippen LogP contribution in [0.3, 0.4) is 0 Å². The zero-order valence-corrected chi connectivity index (χ0v) is 12.7. The lowest BCUT2D eigenvalue weighted by Crippen LogP contribution is -2.65. The number of alkyl halides is 4. The van der Waals surface area contributed by atoms with Gasteiger partial charge in [-0.2, -0.15) is 13.2 Å².